The molecule has 0 radical (unpaired) electrons. The van der Waals surface area contributed by atoms with Crippen LogP contribution in [0.4, 0.5) is 5.69 Å². The average molecular weight is 372 g/mol. The van der Waals surface area contributed by atoms with Crippen LogP contribution in [0.2, 0.25) is 0 Å². The largest absolute Gasteiger partial charge is 0.489 e. The molecule has 0 atom stereocenters. The molecule has 0 unspecified atom stereocenters. The summed E-state index contributed by atoms with van der Waals surface area (Å²) in [6.45, 7) is 0.528. The van der Waals surface area contributed by atoms with Gasteiger partial charge in [-0.25, -0.2) is 0 Å². The highest BCUT2D eigenvalue weighted by atomic mass is 79.9. The molecule has 0 aliphatic heterocycles. The summed E-state index contributed by atoms with van der Waals surface area (Å²) in [7, 11) is 0. The molecule has 22 heavy (non-hydrogen) atoms. The summed E-state index contributed by atoms with van der Waals surface area (Å²) in [5.74, 6) is 0.801. The Bertz CT molecular complexity index is 814. The molecule has 0 saturated heterocycles. The first kappa shape index (κ1) is 15.0. The van der Waals surface area contributed by atoms with Gasteiger partial charge in [-0.05, 0) is 44.4 Å². The lowest BCUT2D eigenvalue weighted by atomic mass is 10.1. The first-order valence-electron chi connectivity index (χ1n) is 6.87. The van der Waals surface area contributed by atoms with E-state index in [0.29, 0.717) is 6.61 Å². The van der Waals surface area contributed by atoms with E-state index in [9.17, 15) is 0 Å². The average Bonchev–Trinajstić information content (AvgIpc) is 2.56. The van der Waals surface area contributed by atoms with Crippen molar-refractivity contribution in [3.63, 3.8) is 0 Å². The monoisotopic (exact) mass is 371 g/mol. The van der Waals surface area contributed by atoms with E-state index in [0.717, 1.165) is 15.9 Å². The highest BCUT2D eigenvalue weighted by molar-refractivity contribution is 9.10. The van der Waals surface area contributed by atoms with E-state index >= 15 is 0 Å². The summed E-state index contributed by atoms with van der Waals surface area (Å²) in [5, 5.41) is 5.45. The van der Waals surface area contributed by atoms with Crippen molar-refractivity contribution in [3.8, 4) is 5.75 Å². The van der Waals surface area contributed by atoms with Gasteiger partial charge in [0.25, 0.3) is 0 Å². The first-order valence-corrected chi connectivity index (χ1v) is 8.13. The summed E-state index contributed by atoms with van der Waals surface area (Å²) in [5.41, 5.74) is 3.55. The van der Waals surface area contributed by atoms with E-state index in [1.165, 1.54) is 21.8 Å². The van der Waals surface area contributed by atoms with Gasteiger partial charge >= 0.3 is 0 Å². The Balaban J connectivity index is 1.82. The van der Waals surface area contributed by atoms with Gasteiger partial charge in [0, 0.05) is 10.5 Å². The third kappa shape index (κ3) is 3.29. The van der Waals surface area contributed by atoms with Crippen LogP contribution in [0, 0.1) is 0 Å². The number of hydrogen-bond acceptors (Lipinski definition) is 2. The number of rotatable bonds is 5. The van der Waals surface area contributed by atoms with E-state index in [1.807, 2.05) is 30.3 Å². The van der Waals surface area contributed by atoms with Crippen molar-refractivity contribution in [2.45, 2.75) is 6.61 Å². The Hall–Kier alpha value is -1.91. The van der Waals surface area contributed by atoms with Crippen molar-refractivity contribution >= 4 is 50.1 Å². The highest BCUT2D eigenvalue weighted by Gasteiger charge is 2.04. The number of hydrogen-bond donors (Lipinski definition) is 1. The molecule has 110 valence electrons. The Morgan fingerprint density at radius 1 is 1.05 bits per heavy atom. The van der Waals surface area contributed by atoms with E-state index in [2.05, 4.69) is 51.6 Å². The minimum atomic E-state index is 0.528. The fourth-order valence-corrected chi connectivity index (χ4v) is 2.84. The van der Waals surface area contributed by atoms with Gasteiger partial charge in [-0.3, -0.25) is 0 Å². The Morgan fingerprint density at radius 2 is 1.86 bits per heavy atom. The summed E-state index contributed by atoms with van der Waals surface area (Å²) in [6, 6.07) is 20.4. The second kappa shape index (κ2) is 6.90. The highest BCUT2D eigenvalue weighted by Crippen LogP contribution is 2.28. The Labute approximate surface area is 143 Å². The maximum Gasteiger partial charge on any atom is 0.121 e. The number of benzene rings is 3. The fourth-order valence-electron chi connectivity index (χ4n) is 2.35. The summed E-state index contributed by atoms with van der Waals surface area (Å²) in [4.78, 5) is 0. The molecule has 0 spiro atoms. The number of nitrogens with one attached hydrogen (secondary N) is 1. The second-order valence-electron chi connectivity index (χ2n) is 4.83. The number of ether oxygens (including phenoxy) is 1. The van der Waals surface area contributed by atoms with Gasteiger partial charge in [-0.1, -0.05) is 54.7 Å². The van der Waals surface area contributed by atoms with E-state index in [1.54, 1.807) is 0 Å². The lowest BCUT2D eigenvalue weighted by Crippen LogP contribution is -1.98. The van der Waals surface area contributed by atoms with E-state index in [4.69, 9.17) is 17.0 Å². The molecule has 0 aromatic heterocycles. The van der Waals surface area contributed by atoms with Crippen LogP contribution < -0.4 is 10.1 Å². The quantitative estimate of drug-likeness (QED) is 0.594. The molecule has 3 rings (SSSR count). The van der Waals surface area contributed by atoms with Crippen LogP contribution in [-0.2, 0) is 6.61 Å². The van der Waals surface area contributed by atoms with E-state index in [-0.39, 0.29) is 0 Å². The van der Waals surface area contributed by atoms with Crippen molar-refractivity contribution in [2.75, 3.05) is 5.32 Å². The van der Waals surface area contributed by atoms with Crippen molar-refractivity contribution in [1.29, 1.82) is 0 Å². The molecule has 0 fully saturated rings. The molecule has 0 amide bonds. The standard InChI is InChI=1S/C18H14BrNOS/c19-17-9-8-15(10-18(17)20-12-22)21-11-14-6-3-5-13-4-1-2-7-16(13)14/h1-10,12H,11H2,(H,20,22). The van der Waals surface area contributed by atoms with Crippen LogP contribution in [-0.4, -0.2) is 5.49 Å². The third-order valence-electron chi connectivity index (χ3n) is 3.43. The Kier molecular flexibility index (Phi) is 4.71. The summed E-state index contributed by atoms with van der Waals surface area (Å²) < 4.78 is 6.88. The second-order valence-corrected chi connectivity index (χ2v) is 5.92. The number of fused-ring (bicyclic) bond motifs is 1. The third-order valence-corrected chi connectivity index (χ3v) is 4.24. The number of halogens is 1. The predicted octanol–water partition coefficient (Wildman–Crippen LogP) is 5.55. The van der Waals surface area contributed by atoms with Gasteiger partial charge in [-0.2, -0.15) is 0 Å². The Morgan fingerprint density at radius 3 is 2.73 bits per heavy atom. The molecule has 3 aromatic carbocycles. The van der Waals surface area contributed by atoms with E-state index < -0.39 is 0 Å². The van der Waals surface area contributed by atoms with Gasteiger partial charge in [0.1, 0.15) is 12.4 Å². The lowest BCUT2D eigenvalue weighted by molar-refractivity contribution is 0.308. The maximum atomic E-state index is 5.93. The molecule has 4 heteroatoms. The predicted molar refractivity (Wildman–Crippen MR) is 99.7 cm³/mol. The molecule has 1 N–H and O–H groups in total. The lowest BCUT2D eigenvalue weighted by Gasteiger charge is -2.11. The van der Waals surface area contributed by atoms with Gasteiger partial charge < -0.3 is 10.1 Å². The van der Waals surface area contributed by atoms with Gasteiger partial charge in [0.15, 0.2) is 0 Å². The van der Waals surface area contributed by atoms with Gasteiger partial charge in [0.05, 0.1) is 11.2 Å². The minimum absolute atomic E-state index is 0.528. The van der Waals surface area contributed by atoms with Crippen LogP contribution in [0.5, 0.6) is 5.75 Å². The SMILES string of the molecule is S=CNc1cc(OCc2cccc3ccccc23)ccc1Br. The van der Waals surface area contributed by atoms with Crippen LogP contribution in [0.3, 0.4) is 0 Å². The van der Waals surface area contributed by atoms with Crippen molar-refractivity contribution in [1.82, 2.24) is 0 Å². The molecule has 0 saturated carbocycles. The molecule has 0 aliphatic rings. The van der Waals surface area contributed by atoms with Crippen molar-refractivity contribution in [2.24, 2.45) is 0 Å². The topological polar surface area (TPSA) is 21.3 Å². The molecule has 0 heterocycles. The maximum absolute atomic E-state index is 5.93. The molecular weight excluding hydrogens is 358 g/mol. The smallest absolute Gasteiger partial charge is 0.121 e. The van der Waals surface area contributed by atoms with Gasteiger partial charge in [-0.15, -0.1) is 0 Å². The first-order chi connectivity index (χ1) is 10.8. The summed E-state index contributed by atoms with van der Waals surface area (Å²) in [6.07, 6.45) is 0. The fraction of sp³-hybridized carbons (Fsp3) is 0.0556. The molecule has 0 bridgehead atoms. The minimum Gasteiger partial charge on any atom is -0.489 e. The van der Waals surface area contributed by atoms with Crippen LogP contribution in [0.15, 0.2) is 65.1 Å². The molecular formula is C18H14BrNOS. The summed E-state index contributed by atoms with van der Waals surface area (Å²) >= 11 is 8.31. The zero-order valence-corrected chi connectivity index (χ0v) is 14.2. The van der Waals surface area contributed by atoms with Crippen molar-refractivity contribution in [3.05, 3.63) is 70.7 Å². The van der Waals surface area contributed by atoms with Crippen LogP contribution in [0.1, 0.15) is 5.56 Å². The molecule has 2 nitrogen and oxygen atoms in total. The normalized spacial score (nSPS) is 10.4. The zero-order chi connectivity index (χ0) is 15.4. The molecule has 3 aromatic rings. The van der Waals surface area contributed by atoms with Crippen LogP contribution in [0.25, 0.3) is 10.8 Å². The number of thiocarbonyl (C=S) groups is 1. The van der Waals surface area contributed by atoms with Crippen molar-refractivity contribution < 1.29 is 4.74 Å². The van der Waals surface area contributed by atoms with Gasteiger partial charge in [0.2, 0.25) is 0 Å². The molecule has 0 aliphatic carbocycles. The zero-order valence-electron chi connectivity index (χ0n) is 11.8. The number of anilines is 1. The van der Waals surface area contributed by atoms with Crippen LogP contribution >= 0.6 is 28.1 Å².